The summed E-state index contributed by atoms with van der Waals surface area (Å²) >= 11 is 0. The number of likely N-dealkylation sites (tertiary alicyclic amines) is 1. The first-order valence-electron chi connectivity index (χ1n) is 15.7. The number of aromatic nitrogens is 5. The summed E-state index contributed by atoms with van der Waals surface area (Å²) < 4.78 is 26.5. The lowest BCUT2D eigenvalue weighted by Crippen LogP contribution is -2.56. The van der Waals surface area contributed by atoms with Crippen molar-refractivity contribution in [1.82, 2.24) is 34.7 Å². The van der Waals surface area contributed by atoms with Gasteiger partial charge in [0, 0.05) is 68.0 Å². The van der Waals surface area contributed by atoms with Crippen LogP contribution in [-0.2, 0) is 4.74 Å². The standard InChI is InChI=1S/C33H35FN10O3/c1-21-16-36-31(39-21)32(45)44-9-8-29(27(34)17-44)47-28-7-2-22(14-23(28)15-35)30-37-20-38-33(41-30)40-24-3-5-25(6-4-24)42-10-12-43(13-11-42)26-18-46-19-26/h2-7,14,16,20,26-27,29H,8-13,17-19H2,1H3,(H,36,39)(H,37,38,40,41). The number of rotatable bonds is 8. The Labute approximate surface area is 271 Å². The second-order valence-corrected chi connectivity index (χ2v) is 12.0. The van der Waals surface area contributed by atoms with Crippen LogP contribution in [0.5, 0.6) is 5.75 Å². The molecular formula is C33H35FN10O3. The predicted molar refractivity (Wildman–Crippen MR) is 171 cm³/mol. The van der Waals surface area contributed by atoms with E-state index < -0.39 is 12.3 Å². The Morgan fingerprint density at radius 2 is 1.89 bits per heavy atom. The summed E-state index contributed by atoms with van der Waals surface area (Å²) in [5.41, 5.74) is 3.58. The molecule has 0 aliphatic carbocycles. The van der Waals surface area contributed by atoms with E-state index in [4.69, 9.17) is 9.47 Å². The lowest BCUT2D eigenvalue weighted by Gasteiger charge is -2.43. The van der Waals surface area contributed by atoms with Crippen LogP contribution in [0.25, 0.3) is 11.4 Å². The summed E-state index contributed by atoms with van der Waals surface area (Å²) in [5.74, 6) is 0.834. The van der Waals surface area contributed by atoms with E-state index in [2.05, 4.69) is 58.2 Å². The quantitative estimate of drug-likeness (QED) is 0.293. The number of nitrogens with one attached hydrogen (secondary N) is 2. The molecule has 1 amide bonds. The Bertz CT molecular complexity index is 1760. The number of hydrogen-bond acceptors (Lipinski definition) is 11. The number of nitriles is 1. The number of benzene rings is 2. The number of piperidine rings is 1. The van der Waals surface area contributed by atoms with Gasteiger partial charge in [0.2, 0.25) is 5.95 Å². The van der Waals surface area contributed by atoms with Crippen molar-refractivity contribution < 1.29 is 18.7 Å². The number of hydrogen-bond donors (Lipinski definition) is 2. The number of ether oxygens (including phenoxy) is 2. The highest BCUT2D eigenvalue weighted by Crippen LogP contribution is 2.29. The fourth-order valence-corrected chi connectivity index (χ4v) is 6.05. The first-order chi connectivity index (χ1) is 22.9. The van der Waals surface area contributed by atoms with Crippen molar-refractivity contribution in [3.8, 4) is 23.2 Å². The van der Waals surface area contributed by atoms with Gasteiger partial charge in [-0.25, -0.2) is 19.3 Å². The molecule has 0 spiro atoms. The van der Waals surface area contributed by atoms with E-state index in [-0.39, 0.29) is 36.0 Å². The topological polar surface area (TPSA) is 148 Å². The van der Waals surface area contributed by atoms with Crippen LogP contribution < -0.4 is 15.0 Å². The van der Waals surface area contributed by atoms with Gasteiger partial charge in [0.1, 0.15) is 24.3 Å². The molecule has 7 rings (SSSR count). The molecule has 14 heteroatoms. The molecule has 2 aromatic heterocycles. The van der Waals surface area contributed by atoms with Gasteiger partial charge in [-0.3, -0.25) is 9.69 Å². The maximum absolute atomic E-state index is 15.2. The highest BCUT2D eigenvalue weighted by Gasteiger charge is 2.35. The van der Waals surface area contributed by atoms with Crippen molar-refractivity contribution in [2.45, 2.75) is 31.7 Å². The van der Waals surface area contributed by atoms with Gasteiger partial charge >= 0.3 is 0 Å². The molecule has 13 nitrogen and oxygen atoms in total. The number of piperazine rings is 1. The molecule has 2 atom stereocenters. The first kappa shape index (κ1) is 30.5. The summed E-state index contributed by atoms with van der Waals surface area (Å²) in [6, 6.07) is 15.9. The van der Waals surface area contributed by atoms with Crippen LogP contribution in [0, 0.1) is 18.3 Å². The average molecular weight is 639 g/mol. The number of carbonyl (C=O) groups is 1. The minimum Gasteiger partial charge on any atom is -0.486 e. The van der Waals surface area contributed by atoms with Gasteiger partial charge in [-0.1, -0.05) is 0 Å². The molecule has 0 saturated carbocycles. The largest absolute Gasteiger partial charge is 0.486 e. The second-order valence-electron chi connectivity index (χ2n) is 12.0. The summed E-state index contributed by atoms with van der Waals surface area (Å²) in [4.78, 5) is 39.1. The molecule has 2 N–H and O–H groups in total. The van der Waals surface area contributed by atoms with Gasteiger partial charge in [0.25, 0.3) is 5.91 Å². The monoisotopic (exact) mass is 638 g/mol. The molecule has 47 heavy (non-hydrogen) atoms. The molecule has 5 heterocycles. The van der Waals surface area contributed by atoms with E-state index in [0.717, 1.165) is 50.8 Å². The highest BCUT2D eigenvalue weighted by atomic mass is 19.1. The van der Waals surface area contributed by atoms with Crippen LogP contribution in [0.3, 0.4) is 0 Å². The zero-order chi connectivity index (χ0) is 32.3. The van der Waals surface area contributed by atoms with Gasteiger partial charge in [-0.2, -0.15) is 10.2 Å². The summed E-state index contributed by atoms with van der Waals surface area (Å²) in [7, 11) is 0. The molecule has 3 aliphatic heterocycles. The predicted octanol–water partition coefficient (Wildman–Crippen LogP) is 3.34. The summed E-state index contributed by atoms with van der Waals surface area (Å²) in [6.07, 6.45) is 1.01. The van der Waals surface area contributed by atoms with Crippen LogP contribution in [0.4, 0.5) is 21.7 Å². The molecule has 3 aliphatic rings. The number of anilines is 3. The zero-order valence-electron chi connectivity index (χ0n) is 26.0. The number of alkyl halides is 1. The van der Waals surface area contributed by atoms with E-state index in [1.54, 1.807) is 31.3 Å². The maximum Gasteiger partial charge on any atom is 0.289 e. The highest BCUT2D eigenvalue weighted by molar-refractivity contribution is 5.90. The maximum atomic E-state index is 15.2. The molecule has 4 aromatic rings. The first-order valence-corrected chi connectivity index (χ1v) is 15.7. The molecule has 0 radical (unpaired) electrons. The van der Waals surface area contributed by atoms with Crippen LogP contribution in [-0.4, -0.2) is 111 Å². The van der Waals surface area contributed by atoms with E-state index in [1.807, 2.05) is 12.1 Å². The van der Waals surface area contributed by atoms with Crippen LogP contribution in [0.2, 0.25) is 0 Å². The van der Waals surface area contributed by atoms with E-state index in [9.17, 15) is 10.1 Å². The third-order valence-electron chi connectivity index (χ3n) is 8.82. The van der Waals surface area contributed by atoms with Gasteiger partial charge in [-0.05, 0) is 49.4 Å². The minimum absolute atomic E-state index is 0.125. The Hall–Kier alpha value is -5.13. The molecule has 2 unspecified atom stereocenters. The second kappa shape index (κ2) is 13.3. The van der Waals surface area contributed by atoms with Crippen molar-refractivity contribution in [3.05, 3.63) is 72.1 Å². The number of aryl methyl sites for hydroxylation is 1. The SMILES string of the molecule is Cc1cnc(C(=O)N2CCC(Oc3ccc(-c4ncnc(Nc5ccc(N6CCN(C7COC7)CC6)cc5)n4)cc3C#N)C(F)C2)[nH]1. The molecule has 3 fully saturated rings. The normalized spacial score (nSPS) is 20.4. The lowest BCUT2D eigenvalue weighted by molar-refractivity contribution is -0.0660. The summed E-state index contributed by atoms with van der Waals surface area (Å²) in [6.45, 7) is 7.70. The Kier molecular flexibility index (Phi) is 8.64. The van der Waals surface area contributed by atoms with Crippen molar-refractivity contribution in [1.29, 1.82) is 5.26 Å². The molecule has 2 aromatic carbocycles. The number of imidazole rings is 1. The summed E-state index contributed by atoms with van der Waals surface area (Å²) in [5, 5.41) is 13.1. The Morgan fingerprint density at radius 1 is 1.09 bits per heavy atom. The van der Waals surface area contributed by atoms with Crippen LogP contribution in [0.1, 0.15) is 28.3 Å². The molecule has 0 bridgehead atoms. The number of amides is 1. The third-order valence-corrected chi connectivity index (χ3v) is 8.82. The van der Waals surface area contributed by atoms with Crippen LogP contribution in [0.15, 0.2) is 55.0 Å². The Morgan fingerprint density at radius 3 is 2.57 bits per heavy atom. The van der Waals surface area contributed by atoms with Gasteiger partial charge in [0.05, 0.1) is 31.4 Å². The number of halogens is 1. The number of carbonyl (C=O) groups excluding carboxylic acids is 1. The Balaban J connectivity index is 0.965. The fourth-order valence-electron chi connectivity index (χ4n) is 6.05. The van der Waals surface area contributed by atoms with Gasteiger partial charge in [-0.15, -0.1) is 0 Å². The van der Waals surface area contributed by atoms with Crippen molar-refractivity contribution in [2.75, 3.05) is 62.7 Å². The third kappa shape index (κ3) is 6.72. The van der Waals surface area contributed by atoms with Crippen molar-refractivity contribution in [2.24, 2.45) is 0 Å². The van der Waals surface area contributed by atoms with Crippen molar-refractivity contribution in [3.63, 3.8) is 0 Å². The number of aromatic amines is 1. The number of H-pyrrole nitrogens is 1. The smallest absolute Gasteiger partial charge is 0.289 e. The fraction of sp³-hybridized carbons (Fsp3) is 0.394. The van der Waals surface area contributed by atoms with Crippen LogP contribution >= 0.6 is 0 Å². The lowest BCUT2D eigenvalue weighted by atomic mass is 10.0. The molecular weight excluding hydrogens is 603 g/mol. The van der Waals surface area contributed by atoms with E-state index >= 15 is 4.39 Å². The van der Waals surface area contributed by atoms with Crippen molar-refractivity contribution >= 4 is 23.2 Å². The molecule has 242 valence electrons. The minimum atomic E-state index is -1.43. The van der Waals surface area contributed by atoms with Gasteiger partial charge in [0.15, 0.2) is 17.8 Å². The molecule has 3 saturated heterocycles. The van der Waals surface area contributed by atoms with Gasteiger partial charge < -0.3 is 29.6 Å². The van der Waals surface area contributed by atoms with E-state index in [1.165, 1.54) is 16.9 Å². The van der Waals surface area contributed by atoms with E-state index in [0.29, 0.717) is 29.9 Å². The zero-order valence-corrected chi connectivity index (χ0v) is 26.0. The average Bonchev–Trinajstić information content (AvgIpc) is 3.51. The number of nitrogens with zero attached hydrogens (tertiary/aromatic N) is 8.